The van der Waals surface area contributed by atoms with Crippen LogP contribution < -0.4 is 15.2 Å². The number of benzene rings is 1. The largest absolute Gasteiger partial charge is 0.482 e. The molecule has 3 rings (SSSR count). The monoisotopic (exact) mass is 543 g/mol. The highest BCUT2D eigenvalue weighted by atomic mass is 28.4. The van der Waals surface area contributed by atoms with Gasteiger partial charge in [0.1, 0.15) is 18.9 Å². The predicted octanol–water partition coefficient (Wildman–Crippen LogP) is 5.12. The third-order valence-corrected chi connectivity index (χ3v) is 11.4. The molecule has 1 aromatic carbocycles. The molecule has 2 amide bonds. The maximum atomic E-state index is 13.9. The minimum absolute atomic E-state index is 0.000461. The lowest BCUT2D eigenvalue weighted by atomic mass is 10.2. The van der Waals surface area contributed by atoms with E-state index in [1.807, 2.05) is 37.3 Å². The average molecular weight is 544 g/mol. The van der Waals surface area contributed by atoms with Crippen LogP contribution in [-0.2, 0) is 15.8 Å². The maximum absolute atomic E-state index is 13.9. The number of pyridine rings is 1. The van der Waals surface area contributed by atoms with E-state index in [-0.39, 0.29) is 35.8 Å². The van der Waals surface area contributed by atoms with E-state index in [9.17, 15) is 14.4 Å². The summed E-state index contributed by atoms with van der Waals surface area (Å²) < 4.78 is 19.3. The summed E-state index contributed by atoms with van der Waals surface area (Å²) in [4.78, 5) is 41.6. The molecular weight excluding hydrogens is 502 g/mol. The van der Waals surface area contributed by atoms with Crippen molar-refractivity contribution in [2.75, 3.05) is 18.3 Å². The molecular formula is C28H41N3O6Si. The number of rotatable bonds is 7. The van der Waals surface area contributed by atoms with Gasteiger partial charge in [-0.3, -0.25) is 9.59 Å². The molecule has 0 N–H and O–H groups in total. The lowest BCUT2D eigenvalue weighted by Crippen LogP contribution is -2.60. The van der Waals surface area contributed by atoms with Crippen LogP contribution >= 0.6 is 0 Å². The standard InChI is InChI=1S/C28H41N3O6Si/c1-20(17-36-38(8,9)28(5,6)7)29-19-31(26(34)37-27(2,3)4)30-16-15-22(32)24(23(30)25(29)33)35-18-21-13-11-10-12-14-21/h10-16,20H,17-19H2,1-9H3. The summed E-state index contributed by atoms with van der Waals surface area (Å²) in [6.07, 6.45) is 0.759. The van der Waals surface area contributed by atoms with Crippen LogP contribution in [-0.4, -0.2) is 54.8 Å². The summed E-state index contributed by atoms with van der Waals surface area (Å²) in [7, 11) is -2.09. The first-order valence-electron chi connectivity index (χ1n) is 12.9. The molecule has 10 heteroatoms. The van der Waals surface area contributed by atoms with Gasteiger partial charge in [-0.15, -0.1) is 0 Å². The first kappa shape index (κ1) is 29.4. The molecule has 9 nitrogen and oxygen atoms in total. The number of fused-ring (bicyclic) bond motifs is 1. The SMILES string of the molecule is CC(CO[Si](C)(C)C(C)(C)C)N1CN(C(=O)OC(C)(C)C)n2ccc(=O)c(OCc3ccccc3)c2C1=O. The zero-order valence-electron chi connectivity index (χ0n) is 24.0. The van der Waals surface area contributed by atoms with Crippen molar-refractivity contribution in [3.8, 4) is 5.75 Å². The van der Waals surface area contributed by atoms with Gasteiger partial charge in [0.05, 0.1) is 12.6 Å². The van der Waals surface area contributed by atoms with Gasteiger partial charge in [0.15, 0.2) is 19.8 Å². The van der Waals surface area contributed by atoms with Gasteiger partial charge in [-0.1, -0.05) is 51.1 Å². The summed E-state index contributed by atoms with van der Waals surface area (Å²) in [5, 5.41) is 1.30. The molecule has 1 atom stereocenters. The Morgan fingerprint density at radius 3 is 2.24 bits per heavy atom. The van der Waals surface area contributed by atoms with Crippen LogP contribution in [0.25, 0.3) is 0 Å². The first-order valence-corrected chi connectivity index (χ1v) is 15.8. The Balaban J connectivity index is 2.00. The Morgan fingerprint density at radius 1 is 1.03 bits per heavy atom. The molecule has 1 aliphatic rings. The number of carbonyl (C=O) groups is 2. The molecule has 1 aliphatic heterocycles. The van der Waals surface area contributed by atoms with Crippen LogP contribution in [0.2, 0.25) is 18.1 Å². The Kier molecular flexibility index (Phi) is 8.47. The van der Waals surface area contributed by atoms with E-state index in [2.05, 4.69) is 33.9 Å². The Bertz CT molecular complexity index is 1210. The number of carbonyl (C=O) groups excluding carboxylic acids is 2. The van der Waals surface area contributed by atoms with Gasteiger partial charge in [-0.2, -0.15) is 5.01 Å². The molecule has 0 bridgehead atoms. The lowest BCUT2D eigenvalue weighted by Gasteiger charge is -2.42. The minimum atomic E-state index is -2.09. The minimum Gasteiger partial charge on any atom is -0.482 e. The number of hydrogen-bond acceptors (Lipinski definition) is 6. The molecule has 1 unspecified atom stereocenters. The summed E-state index contributed by atoms with van der Waals surface area (Å²) in [5.74, 6) is -0.533. The van der Waals surface area contributed by atoms with Gasteiger partial charge in [-0.05, 0) is 51.4 Å². The van der Waals surface area contributed by atoms with Crippen molar-refractivity contribution in [1.29, 1.82) is 0 Å². The van der Waals surface area contributed by atoms with Gasteiger partial charge in [-0.25, -0.2) is 9.47 Å². The second-order valence-corrected chi connectivity index (χ2v) is 17.0. The lowest BCUT2D eigenvalue weighted by molar-refractivity contribution is 0.0382. The van der Waals surface area contributed by atoms with Gasteiger partial charge in [0.25, 0.3) is 5.91 Å². The van der Waals surface area contributed by atoms with E-state index in [0.29, 0.717) is 6.61 Å². The summed E-state index contributed by atoms with van der Waals surface area (Å²) in [6, 6.07) is 10.3. The Hall–Kier alpha value is -3.11. The molecule has 208 valence electrons. The third kappa shape index (κ3) is 6.65. The van der Waals surface area contributed by atoms with Crippen LogP contribution in [0.4, 0.5) is 4.79 Å². The summed E-state index contributed by atoms with van der Waals surface area (Å²) >= 11 is 0. The molecule has 0 saturated carbocycles. The topological polar surface area (TPSA) is 90.3 Å². The summed E-state index contributed by atoms with van der Waals surface area (Å²) in [5.41, 5.74) is -0.386. The highest BCUT2D eigenvalue weighted by molar-refractivity contribution is 6.74. The van der Waals surface area contributed by atoms with Crippen molar-refractivity contribution < 1.29 is 23.5 Å². The van der Waals surface area contributed by atoms with E-state index >= 15 is 0 Å². The van der Waals surface area contributed by atoms with Crippen LogP contribution in [0.1, 0.15) is 64.5 Å². The molecule has 0 aliphatic carbocycles. The van der Waals surface area contributed by atoms with Crippen LogP contribution in [0, 0.1) is 0 Å². The number of amides is 2. The Morgan fingerprint density at radius 2 is 1.66 bits per heavy atom. The molecule has 0 saturated heterocycles. The smallest absolute Gasteiger partial charge is 0.431 e. The number of nitrogens with zero attached hydrogens (tertiary/aromatic N) is 3. The van der Waals surface area contributed by atoms with Crippen molar-refractivity contribution in [2.45, 2.75) is 84.8 Å². The average Bonchev–Trinajstić information content (AvgIpc) is 2.81. The quantitative estimate of drug-likeness (QED) is 0.450. The van der Waals surface area contributed by atoms with Gasteiger partial charge < -0.3 is 18.8 Å². The second-order valence-electron chi connectivity index (χ2n) is 12.2. The van der Waals surface area contributed by atoms with Crippen molar-refractivity contribution in [2.24, 2.45) is 0 Å². The van der Waals surface area contributed by atoms with E-state index < -0.39 is 31.3 Å². The molecule has 0 fully saturated rings. The highest BCUT2D eigenvalue weighted by Gasteiger charge is 2.41. The molecule has 2 heterocycles. The molecule has 1 aromatic heterocycles. The van der Waals surface area contributed by atoms with Gasteiger partial charge in [0.2, 0.25) is 5.43 Å². The molecule has 0 radical (unpaired) electrons. The fourth-order valence-electron chi connectivity index (χ4n) is 3.62. The number of hydrogen-bond donors (Lipinski definition) is 0. The van der Waals surface area contributed by atoms with Crippen molar-refractivity contribution in [3.63, 3.8) is 0 Å². The first-order chi connectivity index (χ1) is 17.5. The molecule has 38 heavy (non-hydrogen) atoms. The van der Waals surface area contributed by atoms with Crippen LogP contribution in [0.3, 0.4) is 0 Å². The third-order valence-electron chi connectivity index (χ3n) is 6.90. The van der Waals surface area contributed by atoms with E-state index in [1.54, 1.807) is 20.8 Å². The fraction of sp³-hybridized carbons (Fsp3) is 0.536. The predicted molar refractivity (Wildman–Crippen MR) is 150 cm³/mol. The van der Waals surface area contributed by atoms with E-state index in [0.717, 1.165) is 5.56 Å². The van der Waals surface area contributed by atoms with Crippen LogP contribution in [0.5, 0.6) is 5.75 Å². The van der Waals surface area contributed by atoms with Gasteiger partial charge >= 0.3 is 6.09 Å². The summed E-state index contributed by atoms with van der Waals surface area (Å²) in [6.45, 7) is 18.3. The van der Waals surface area contributed by atoms with Crippen molar-refractivity contribution >= 4 is 20.3 Å². The second kappa shape index (κ2) is 10.9. The fourth-order valence-corrected chi connectivity index (χ4v) is 4.71. The van der Waals surface area contributed by atoms with Crippen LogP contribution in [0.15, 0.2) is 47.4 Å². The zero-order chi connectivity index (χ0) is 28.5. The van der Waals surface area contributed by atoms with E-state index in [4.69, 9.17) is 13.9 Å². The molecule has 0 spiro atoms. The normalized spacial score (nSPS) is 15.2. The van der Waals surface area contributed by atoms with Crippen molar-refractivity contribution in [3.05, 3.63) is 64.1 Å². The number of aromatic nitrogens is 1. The number of ether oxygens (including phenoxy) is 2. The highest BCUT2D eigenvalue weighted by Crippen LogP contribution is 2.37. The van der Waals surface area contributed by atoms with Gasteiger partial charge in [0, 0.05) is 12.3 Å². The van der Waals surface area contributed by atoms with Crippen molar-refractivity contribution in [1.82, 2.24) is 9.58 Å². The van der Waals surface area contributed by atoms with E-state index in [1.165, 1.54) is 26.8 Å². The molecule has 2 aromatic rings. The Labute approximate surface area is 226 Å². The maximum Gasteiger partial charge on any atom is 0.431 e. The zero-order valence-corrected chi connectivity index (χ0v) is 25.0.